The van der Waals surface area contributed by atoms with Crippen LogP contribution in [0.1, 0.15) is 227 Å². The first kappa shape index (κ1) is 45.1. The Labute approximate surface area is 332 Å². The van der Waals surface area contributed by atoms with Crippen LogP contribution in [0.15, 0.2) is 0 Å². The summed E-state index contributed by atoms with van der Waals surface area (Å²) in [6.07, 6.45) is 39.0. The molecule has 6 nitrogen and oxygen atoms in total. The van der Waals surface area contributed by atoms with Crippen molar-refractivity contribution < 1.29 is 24.2 Å². The van der Waals surface area contributed by atoms with Crippen LogP contribution >= 0.6 is 0 Å². The Morgan fingerprint density at radius 3 is 1.78 bits per heavy atom. The molecule has 4 fully saturated rings. The summed E-state index contributed by atoms with van der Waals surface area (Å²) in [5.41, 5.74) is 0.714. The van der Waals surface area contributed by atoms with E-state index in [9.17, 15) is 14.4 Å². The molecule has 0 heterocycles. The van der Waals surface area contributed by atoms with Gasteiger partial charge < -0.3 is 15.2 Å². The monoisotopic (exact) mass is 756 g/mol. The van der Waals surface area contributed by atoms with Crippen molar-refractivity contribution in [3.8, 4) is 0 Å². The van der Waals surface area contributed by atoms with Crippen LogP contribution in [0, 0.1) is 46.3 Å². The SMILES string of the molecule is CCCCCCCCCCCCCCCCCCCCCC(=O)OC1CCC2(C)C(CCC3C2CCC2(C)C(C(C)CCC(=O)NCC(=O)O)CCC32)C1. The summed E-state index contributed by atoms with van der Waals surface area (Å²) >= 11 is 0. The molecule has 0 spiro atoms. The summed E-state index contributed by atoms with van der Waals surface area (Å²) in [7, 11) is 0. The number of ether oxygens (including phenoxy) is 1. The van der Waals surface area contributed by atoms with Crippen LogP contribution < -0.4 is 5.32 Å². The normalized spacial score (nSPS) is 30.9. The van der Waals surface area contributed by atoms with Crippen LogP contribution in [-0.4, -0.2) is 35.6 Å². The largest absolute Gasteiger partial charge is 0.480 e. The van der Waals surface area contributed by atoms with Crippen LogP contribution in [0.2, 0.25) is 0 Å². The third-order valence-corrected chi connectivity index (χ3v) is 15.9. The fraction of sp³-hybridized carbons (Fsp3) is 0.938. The van der Waals surface area contributed by atoms with Gasteiger partial charge >= 0.3 is 11.9 Å². The molecule has 4 aliphatic carbocycles. The van der Waals surface area contributed by atoms with Gasteiger partial charge in [0.25, 0.3) is 0 Å². The highest BCUT2D eigenvalue weighted by molar-refractivity contribution is 5.81. The van der Waals surface area contributed by atoms with E-state index in [2.05, 4.69) is 33.0 Å². The van der Waals surface area contributed by atoms with E-state index in [-0.39, 0.29) is 24.5 Å². The first-order valence-electron chi connectivity index (χ1n) is 23.8. The second kappa shape index (κ2) is 23.6. The number of carboxylic acids is 1. The van der Waals surface area contributed by atoms with E-state index < -0.39 is 5.97 Å². The Balaban J connectivity index is 1.03. The van der Waals surface area contributed by atoms with E-state index in [0.717, 1.165) is 49.9 Å². The minimum atomic E-state index is -0.988. The number of carbonyl (C=O) groups is 3. The van der Waals surface area contributed by atoms with E-state index in [1.165, 1.54) is 154 Å². The zero-order chi connectivity index (χ0) is 38.8. The fourth-order valence-corrected chi connectivity index (χ4v) is 12.7. The first-order chi connectivity index (χ1) is 26.1. The standard InChI is InChI=1S/C48H85NO5/c1-5-6-7-8-9-10-11-12-13-14-15-16-17-18-19-20-21-22-23-24-46(53)54-39-31-33-47(3)38(35-39)26-27-40-42-29-28-41(48(42,4)34-32-43(40)47)37(2)25-30-44(50)49-36-45(51)52/h37-43H,5-36H2,1-4H3,(H,49,50)(H,51,52). The Bertz CT molecular complexity index is 1110. The minimum Gasteiger partial charge on any atom is -0.480 e. The highest BCUT2D eigenvalue weighted by Gasteiger charge is 2.60. The number of hydrogen-bond donors (Lipinski definition) is 2. The van der Waals surface area contributed by atoms with Crippen molar-refractivity contribution in [2.24, 2.45) is 46.3 Å². The van der Waals surface area contributed by atoms with Gasteiger partial charge in [0.05, 0.1) is 0 Å². The van der Waals surface area contributed by atoms with Gasteiger partial charge in [0.15, 0.2) is 0 Å². The van der Waals surface area contributed by atoms with Gasteiger partial charge in [-0.3, -0.25) is 14.4 Å². The van der Waals surface area contributed by atoms with Gasteiger partial charge in [-0.2, -0.15) is 0 Å². The summed E-state index contributed by atoms with van der Waals surface area (Å²) in [5, 5.41) is 11.4. The van der Waals surface area contributed by atoms with Gasteiger partial charge in [-0.05, 0) is 117 Å². The molecular formula is C48H85NO5. The van der Waals surface area contributed by atoms with Crippen molar-refractivity contribution >= 4 is 17.8 Å². The maximum atomic E-state index is 12.9. The molecule has 4 rings (SSSR count). The van der Waals surface area contributed by atoms with Gasteiger partial charge in [-0.1, -0.05) is 143 Å². The molecular weight excluding hydrogens is 671 g/mol. The van der Waals surface area contributed by atoms with Gasteiger partial charge in [0.1, 0.15) is 12.6 Å². The Hall–Kier alpha value is -1.59. The number of carbonyl (C=O) groups excluding carboxylic acids is 2. The summed E-state index contributed by atoms with van der Waals surface area (Å²) in [6.45, 7) is 9.50. The van der Waals surface area contributed by atoms with Crippen molar-refractivity contribution in [3.05, 3.63) is 0 Å². The van der Waals surface area contributed by atoms with E-state index in [0.29, 0.717) is 41.4 Å². The number of rotatable bonds is 27. The van der Waals surface area contributed by atoms with E-state index in [4.69, 9.17) is 9.84 Å². The number of carboxylic acid groups (broad SMARTS) is 1. The highest BCUT2D eigenvalue weighted by Crippen LogP contribution is 2.68. The lowest BCUT2D eigenvalue weighted by Crippen LogP contribution is -2.54. The van der Waals surface area contributed by atoms with Crippen LogP contribution in [-0.2, 0) is 19.1 Å². The van der Waals surface area contributed by atoms with Crippen LogP contribution in [0.4, 0.5) is 0 Å². The van der Waals surface area contributed by atoms with Gasteiger partial charge in [0.2, 0.25) is 5.91 Å². The quantitative estimate of drug-likeness (QED) is 0.0643. The van der Waals surface area contributed by atoms with Crippen molar-refractivity contribution in [2.45, 2.75) is 233 Å². The minimum absolute atomic E-state index is 0.0446. The van der Waals surface area contributed by atoms with Crippen LogP contribution in [0.25, 0.3) is 0 Å². The van der Waals surface area contributed by atoms with Gasteiger partial charge in [-0.15, -0.1) is 0 Å². The number of nitrogens with one attached hydrogen (secondary N) is 1. The average molecular weight is 756 g/mol. The third kappa shape index (κ3) is 13.5. The van der Waals surface area contributed by atoms with E-state index in [1.54, 1.807) is 0 Å². The summed E-state index contributed by atoms with van der Waals surface area (Å²) < 4.78 is 6.15. The van der Waals surface area contributed by atoms with Crippen molar-refractivity contribution in [1.82, 2.24) is 5.32 Å². The summed E-state index contributed by atoms with van der Waals surface area (Å²) in [4.78, 5) is 36.0. The van der Waals surface area contributed by atoms with Crippen LogP contribution in [0.3, 0.4) is 0 Å². The predicted molar refractivity (Wildman–Crippen MR) is 222 cm³/mol. The second-order valence-electron chi connectivity index (χ2n) is 19.6. The third-order valence-electron chi connectivity index (χ3n) is 15.9. The number of hydrogen-bond acceptors (Lipinski definition) is 4. The maximum Gasteiger partial charge on any atom is 0.322 e. The molecule has 6 heteroatoms. The smallest absolute Gasteiger partial charge is 0.322 e. The number of fused-ring (bicyclic) bond motifs is 5. The fourth-order valence-electron chi connectivity index (χ4n) is 12.7. The van der Waals surface area contributed by atoms with E-state index >= 15 is 0 Å². The molecule has 0 aliphatic heterocycles. The number of amides is 1. The zero-order valence-corrected chi connectivity index (χ0v) is 35.7. The molecule has 9 atom stereocenters. The summed E-state index contributed by atoms with van der Waals surface area (Å²) in [5.74, 6) is 3.07. The Kier molecular flexibility index (Phi) is 19.7. The number of esters is 1. The molecule has 4 saturated carbocycles. The Morgan fingerprint density at radius 2 is 1.20 bits per heavy atom. The molecule has 0 aromatic rings. The predicted octanol–water partition coefficient (Wildman–Crippen LogP) is 13.0. The molecule has 0 aromatic carbocycles. The lowest BCUT2D eigenvalue weighted by Gasteiger charge is -2.61. The zero-order valence-electron chi connectivity index (χ0n) is 35.7. The molecule has 2 N–H and O–H groups in total. The molecule has 312 valence electrons. The average Bonchev–Trinajstić information content (AvgIpc) is 3.51. The Morgan fingerprint density at radius 1 is 0.667 bits per heavy atom. The maximum absolute atomic E-state index is 12.9. The van der Waals surface area contributed by atoms with Crippen molar-refractivity contribution in [2.75, 3.05) is 6.54 Å². The molecule has 1 amide bonds. The molecule has 0 saturated heterocycles. The second-order valence-corrected chi connectivity index (χ2v) is 19.6. The van der Waals surface area contributed by atoms with Gasteiger partial charge in [0, 0.05) is 12.8 Å². The van der Waals surface area contributed by atoms with E-state index in [1.807, 2.05) is 0 Å². The molecule has 9 unspecified atom stereocenters. The molecule has 0 radical (unpaired) electrons. The van der Waals surface area contributed by atoms with Gasteiger partial charge in [-0.25, -0.2) is 0 Å². The lowest BCUT2D eigenvalue weighted by atomic mass is 9.44. The molecule has 0 aromatic heterocycles. The summed E-state index contributed by atoms with van der Waals surface area (Å²) in [6, 6.07) is 0. The van der Waals surface area contributed by atoms with Crippen molar-refractivity contribution in [1.29, 1.82) is 0 Å². The highest BCUT2D eigenvalue weighted by atomic mass is 16.5. The van der Waals surface area contributed by atoms with Crippen LogP contribution in [0.5, 0.6) is 0 Å². The number of unbranched alkanes of at least 4 members (excludes halogenated alkanes) is 18. The molecule has 4 aliphatic rings. The molecule has 0 bridgehead atoms. The lowest BCUT2D eigenvalue weighted by molar-refractivity contribution is -0.162. The van der Waals surface area contributed by atoms with Crippen molar-refractivity contribution in [3.63, 3.8) is 0 Å². The topological polar surface area (TPSA) is 92.7 Å². The number of aliphatic carboxylic acids is 1. The first-order valence-corrected chi connectivity index (χ1v) is 23.8. The molecule has 54 heavy (non-hydrogen) atoms.